The number of aromatic nitrogens is 2. The number of halogens is 2. The van der Waals surface area contributed by atoms with Gasteiger partial charge in [-0.3, -0.25) is 0 Å². The highest BCUT2D eigenvalue weighted by molar-refractivity contribution is 6.20. The summed E-state index contributed by atoms with van der Waals surface area (Å²) in [5.74, 6) is 1.32. The second kappa shape index (κ2) is 4.78. The molecule has 0 bridgehead atoms. The van der Waals surface area contributed by atoms with Gasteiger partial charge in [-0.05, 0) is 38.3 Å². The molecule has 2 unspecified atom stereocenters. The first-order chi connectivity index (χ1) is 9.08. The molecule has 1 saturated carbocycles. The molecule has 3 rings (SSSR count). The summed E-state index contributed by atoms with van der Waals surface area (Å²) in [6.45, 7) is 4.06. The van der Waals surface area contributed by atoms with Gasteiger partial charge in [0.25, 0.3) is 0 Å². The van der Waals surface area contributed by atoms with E-state index in [0.717, 1.165) is 23.7 Å². The van der Waals surface area contributed by atoms with Crippen LogP contribution in [-0.4, -0.2) is 9.55 Å². The fraction of sp³-hybridized carbons (Fsp3) is 0.533. The quantitative estimate of drug-likeness (QED) is 0.733. The molecule has 0 saturated heterocycles. The number of hydrogen-bond acceptors (Lipinski definition) is 1. The second-order valence-electron chi connectivity index (χ2n) is 5.59. The molecule has 2 atom stereocenters. The molecular weight excluding hydrogens is 263 g/mol. The van der Waals surface area contributed by atoms with Crippen molar-refractivity contribution in [1.29, 1.82) is 0 Å². The van der Waals surface area contributed by atoms with E-state index in [1.54, 1.807) is 6.07 Å². The maximum Gasteiger partial charge on any atom is 0.151 e. The topological polar surface area (TPSA) is 17.8 Å². The van der Waals surface area contributed by atoms with Crippen LogP contribution in [0.2, 0.25) is 0 Å². The van der Waals surface area contributed by atoms with Gasteiger partial charge in [0, 0.05) is 6.04 Å². The first kappa shape index (κ1) is 12.9. The van der Waals surface area contributed by atoms with E-state index >= 15 is 0 Å². The van der Waals surface area contributed by atoms with Crippen molar-refractivity contribution in [3.05, 3.63) is 29.8 Å². The van der Waals surface area contributed by atoms with Crippen molar-refractivity contribution in [2.75, 3.05) is 0 Å². The van der Waals surface area contributed by atoms with Crippen LogP contribution in [-0.2, 0) is 0 Å². The number of nitrogens with zero attached hydrogens (tertiary/aromatic N) is 2. The number of alkyl halides is 1. The van der Waals surface area contributed by atoms with E-state index in [-0.39, 0.29) is 11.2 Å². The molecule has 1 aliphatic carbocycles. The van der Waals surface area contributed by atoms with E-state index in [0.29, 0.717) is 11.6 Å². The Morgan fingerprint density at radius 2 is 2.16 bits per heavy atom. The van der Waals surface area contributed by atoms with Crippen LogP contribution < -0.4 is 0 Å². The van der Waals surface area contributed by atoms with Gasteiger partial charge in [0.2, 0.25) is 0 Å². The third-order valence-electron chi connectivity index (χ3n) is 3.87. The highest BCUT2D eigenvalue weighted by Crippen LogP contribution is 2.39. The molecule has 1 heterocycles. The highest BCUT2D eigenvalue weighted by atomic mass is 35.5. The van der Waals surface area contributed by atoms with Gasteiger partial charge >= 0.3 is 0 Å². The average Bonchev–Trinajstić information content (AvgIpc) is 3.06. The minimum Gasteiger partial charge on any atom is -0.324 e. The third-order valence-corrected chi connectivity index (χ3v) is 4.06. The Hall–Kier alpha value is -1.09. The van der Waals surface area contributed by atoms with E-state index in [4.69, 9.17) is 11.6 Å². The van der Waals surface area contributed by atoms with Gasteiger partial charge in [-0.1, -0.05) is 18.9 Å². The predicted octanol–water partition coefficient (Wildman–Crippen LogP) is 4.84. The van der Waals surface area contributed by atoms with Crippen LogP contribution in [0.4, 0.5) is 4.39 Å². The fourth-order valence-corrected chi connectivity index (χ4v) is 2.94. The first-order valence-electron chi connectivity index (χ1n) is 6.88. The minimum atomic E-state index is -0.270. The van der Waals surface area contributed by atoms with E-state index < -0.39 is 0 Å². The first-order valence-corrected chi connectivity index (χ1v) is 7.32. The SMILES string of the molecule is CC(Cl)c1nc2c(F)cccc2n1C(C)CC1CC1. The molecule has 4 heteroatoms. The molecule has 0 N–H and O–H groups in total. The van der Waals surface area contributed by atoms with E-state index in [1.807, 2.05) is 13.0 Å². The van der Waals surface area contributed by atoms with Gasteiger partial charge < -0.3 is 4.57 Å². The van der Waals surface area contributed by atoms with E-state index in [9.17, 15) is 4.39 Å². The van der Waals surface area contributed by atoms with Crippen molar-refractivity contribution in [2.45, 2.75) is 44.5 Å². The largest absolute Gasteiger partial charge is 0.324 e. The molecule has 1 aromatic heterocycles. The zero-order chi connectivity index (χ0) is 13.6. The van der Waals surface area contributed by atoms with Crippen LogP contribution in [0, 0.1) is 11.7 Å². The number of rotatable bonds is 4. The van der Waals surface area contributed by atoms with Gasteiger partial charge in [-0.15, -0.1) is 11.6 Å². The summed E-state index contributed by atoms with van der Waals surface area (Å²) in [6.07, 6.45) is 3.76. The van der Waals surface area contributed by atoms with Crippen LogP contribution in [0.3, 0.4) is 0 Å². The number of benzene rings is 1. The fourth-order valence-electron chi connectivity index (χ4n) is 2.79. The van der Waals surface area contributed by atoms with Crippen molar-refractivity contribution in [3.63, 3.8) is 0 Å². The molecule has 2 nitrogen and oxygen atoms in total. The normalized spacial score (nSPS) is 18.7. The molecule has 102 valence electrons. The summed E-state index contributed by atoms with van der Waals surface area (Å²) >= 11 is 6.22. The summed E-state index contributed by atoms with van der Waals surface area (Å²) in [4.78, 5) is 4.42. The zero-order valence-electron chi connectivity index (χ0n) is 11.2. The van der Waals surface area contributed by atoms with Crippen LogP contribution in [0.15, 0.2) is 18.2 Å². The molecule has 0 amide bonds. The maximum atomic E-state index is 13.9. The predicted molar refractivity (Wildman–Crippen MR) is 76.0 cm³/mol. The van der Waals surface area contributed by atoms with Crippen molar-refractivity contribution in [2.24, 2.45) is 5.92 Å². The summed E-state index contributed by atoms with van der Waals surface area (Å²) < 4.78 is 16.0. The van der Waals surface area contributed by atoms with Gasteiger partial charge in [0.05, 0.1) is 10.9 Å². The lowest BCUT2D eigenvalue weighted by Crippen LogP contribution is -2.10. The summed E-state index contributed by atoms with van der Waals surface area (Å²) in [6, 6.07) is 5.43. The smallest absolute Gasteiger partial charge is 0.151 e. The Bertz CT molecular complexity index is 601. The number of fused-ring (bicyclic) bond motifs is 1. The van der Waals surface area contributed by atoms with Crippen molar-refractivity contribution in [1.82, 2.24) is 9.55 Å². The van der Waals surface area contributed by atoms with Gasteiger partial charge in [-0.2, -0.15) is 0 Å². The molecular formula is C15H18ClFN2. The van der Waals surface area contributed by atoms with Gasteiger partial charge in [0.1, 0.15) is 11.3 Å². The molecule has 1 aliphatic rings. The van der Waals surface area contributed by atoms with Crippen LogP contribution in [0.1, 0.15) is 50.4 Å². The Morgan fingerprint density at radius 1 is 1.42 bits per heavy atom. The van der Waals surface area contributed by atoms with Crippen molar-refractivity contribution < 1.29 is 4.39 Å². The van der Waals surface area contributed by atoms with E-state index in [1.165, 1.54) is 18.9 Å². The van der Waals surface area contributed by atoms with Crippen molar-refractivity contribution >= 4 is 22.6 Å². The standard InChI is InChI=1S/C15H18ClFN2/c1-9(8-11-6-7-11)19-13-5-3-4-12(17)14(13)18-15(19)10(2)16/h3-5,9-11H,6-8H2,1-2H3. The summed E-state index contributed by atoms with van der Waals surface area (Å²) in [7, 11) is 0. The average molecular weight is 281 g/mol. The Labute approximate surface area is 117 Å². The zero-order valence-corrected chi connectivity index (χ0v) is 12.0. The molecule has 1 aromatic carbocycles. The number of hydrogen-bond donors (Lipinski definition) is 0. The lowest BCUT2D eigenvalue weighted by molar-refractivity contribution is 0.472. The molecule has 0 aliphatic heterocycles. The van der Waals surface area contributed by atoms with Crippen LogP contribution >= 0.6 is 11.6 Å². The maximum absolute atomic E-state index is 13.9. The van der Waals surface area contributed by atoms with Gasteiger partial charge in [0.15, 0.2) is 5.82 Å². The van der Waals surface area contributed by atoms with Crippen LogP contribution in [0.25, 0.3) is 11.0 Å². The Morgan fingerprint density at radius 3 is 2.79 bits per heavy atom. The molecule has 2 aromatic rings. The Kier molecular flexibility index (Phi) is 3.25. The highest BCUT2D eigenvalue weighted by Gasteiger charge is 2.27. The molecule has 0 radical (unpaired) electrons. The minimum absolute atomic E-state index is 0.214. The summed E-state index contributed by atoms with van der Waals surface area (Å²) in [5, 5.41) is -0.214. The lowest BCUT2D eigenvalue weighted by Gasteiger charge is -2.18. The molecule has 0 spiro atoms. The number of imidazole rings is 1. The second-order valence-corrected chi connectivity index (χ2v) is 6.25. The van der Waals surface area contributed by atoms with E-state index in [2.05, 4.69) is 16.5 Å². The van der Waals surface area contributed by atoms with Gasteiger partial charge in [-0.25, -0.2) is 9.37 Å². The summed E-state index contributed by atoms with van der Waals surface area (Å²) in [5.41, 5.74) is 1.29. The third kappa shape index (κ3) is 2.36. The Balaban J connectivity index is 2.12. The lowest BCUT2D eigenvalue weighted by atomic mass is 10.1. The van der Waals surface area contributed by atoms with Crippen LogP contribution in [0.5, 0.6) is 0 Å². The molecule has 1 fully saturated rings. The number of para-hydroxylation sites is 1. The molecule has 19 heavy (non-hydrogen) atoms. The monoisotopic (exact) mass is 280 g/mol. The van der Waals surface area contributed by atoms with Crippen molar-refractivity contribution in [3.8, 4) is 0 Å².